The van der Waals surface area contributed by atoms with Crippen LogP contribution in [-0.4, -0.2) is 26.0 Å². The second-order valence-corrected chi connectivity index (χ2v) is 5.05. The molecule has 0 saturated carbocycles. The lowest BCUT2D eigenvalue weighted by Crippen LogP contribution is -2.14. The van der Waals surface area contributed by atoms with Crippen LogP contribution in [0.2, 0.25) is 0 Å². The lowest BCUT2D eigenvalue weighted by Gasteiger charge is -2.04. The Balaban J connectivity index is 1.99. The number of fused-ring (bicyclic) bond motifs is 1. The third-order valence-corrected chi connectivity index (χ3v) is 3.67. The Kier molecular flexibility index (Phi) is 3.26. The van der Waals surface area contributed by atoms with E-state index in [-0.39, 0.29) is 5.84 Å². The number of para-hydroxylation sites is 2. The van der Waals surface area contributed by atoms with Crippen molar-refractivity contribution in [2.75, 3.05) is 0 Å². The van der Waals surface area contributed by atoms with Crippen molar-refractivity contribution in [2.45, 2.75) is 10.1 Å². The summed E-state index contributed by atoms with van der Waals surface area (Å²) in [7, 11) is 0. The highest BCUT2D eigenvalue weighted by Crippen LogP contribution is 2.29. The van der Waals surface area contributed by atoms with Crippen LogP contribution in [0.5, 0.6) is 0 Å². The van der Waals surface area contributed by atoms with Crippen molar-refractivity contribution in [3.63, 3.8) is 0 Å². The molecule has 100 valence electrons. The van der Waals surface area contributed by atoms with E-state index in [4.69, 9.17) is 10.9 Å². The fraction of sp³-hybridized carbons (Fsp3) is 0. The van der Waals surface area contributed by atoms with Gasteiger partial charge >= 0.3 is 0 Å². The van der Waals surface area contributed by atoms with Crippen LogP contribution in [0.3, 0.4) is 0 Å². The lowest BCUT2D eigenvalue weighted by atomic mass is 10.2. The molecule has 3 rings (SSSR count). The zero-order valence-electron chi connectivity index (χ0n) is 10.3. The Morgan fingerprint density at radius 1 is 1.30 bits per heavy atom. The van der Waals surface area contributed by atoms with Gasteiger partial charge in [-0.25, -0.2) is 4.98 Å². The van der Waals surface area contributed by atoms with Gasteiger partial charge in [-0.3, -0.25) is 4.98 Å². The first kappa shape index (κ1) is 12.5. The number of benzene rings is 1. The van der Waals surface area contributed by atoms with E-state index in [0.29, 0.717) is 5.56 Å². The standard InChI is InChI=1S/C13H11N5OS/c14-12(18-19)8-5-6-15-7-11(8)20-13-16-9-3-1-2-4-10(9)17-13/h1-7,19H,(H2,14,18)(H,16,17). The Morgan fingerprint density at radius 3 is 2.95 bits per heavy atom. The van der Waals surface area contributed by atoms with E-state index in [2.05, 4.69) is 20.1 Å². The van der Waals surface area contributed by atoms with Gasteiger partial charge in [0.15, 0.2) is 11.0 Å². The Hall–Kier alpha value is -2.54. The number of aromatic nitrogens is 3. The first-order valence-corrected chi connectivity index (χ1v) is 6.64. The van der Waals surface area contributed by atoms with Gasteiger partial charge in [0.25, 0.3) is 0 Å². The smallest absolute Gasteiger partial charge is 0.171 e. The average Bonchev–Trinajstić information content (AvgIpc) is 2.89. The van der Waals surface area contributed by atoms with Crippen molar-refractivity contribution in [3.05, 3.63) is 48.3 Å². The van der Waals surface area contributed by atoms with E-state index in [1.807, 2.05) is 24.3 Å². The minimum Gasteiger partial charge on any atom is -0.409 e. The van der Waals surface area contributed by atoms with Crippen LogP contribution in [0, 0.1) is 0 Å². The third kappa shape index (κ3) is 2.30. The summed E-state index contributed by atoms with van der Waals surface area (Å²) in [6.45, 7) is 0. The number of nitrogens with one attached hydrogen (secondary N) is 1. The maximum atomic E-state index is 8.80. The van der Waals surface area contributed by atoms with Crippen molar-refractivity contribution in [2.24, 2.45) is 10.9 Å². The van der Waals surface area contributed by atoms with Crippen LogP contribution in [-0.2, 0) is 0 Å². The van der Waals surface area contributed by atoms with Crippen molar-refractivity contribution in [1.29, 1.82) is 0 Å². The molecule has 1 aromatic carbocycles. The summed E-state index contributed by atoms with van der Waals surface area (Å²) in [6, 6.07) is 9.47. The molecule has 0 spiro atoms. The molecule has 4 N–H and O–H groups in total. The average molecular weight is 285 g/mol. The van der Waals surface area contributed by atoms with Gasteiger partial charge in [0.05, 0.1) is 11.0 Å². The van der Waals surface area contributed by atoms with Crippen LogP contribution < -0.4 is 5.73 Å². The maximum Gasteiger partial charge on any atom is 0.171 e. The molecule has 0 aliphatic heterocycles. The van der Waals surface area contributed by atoms with Gasteiger partial charge in [-0.15, -0.1) is 0 Å². The summed E-state index contributed by atoms with van der Waals surface area (Å²) in [5.41, 5.74) is 8.13. The van der Waals surface area contributed by atoms with Crippen LogP contribution >= 0.6 is 11.8 Å². The summed E-state index contributed by atoms with van der Waals surface area (Å²) < 4.78 is 0. The predicted octanol–water partition coefficient (Wildman–Crippen LogP) is 2.20. The van der Waals surface area contributed by atoms with Gasteiger partial charge in [-0.1, -0.05) is 17.3 Å². The van der Waals surface area contributed by atoms with Gasteiger partial charge in [-0.05, 0) is 30.0 Å². The molecule has 3 aromatic rings. The number of imidazole rings is 1. The molecule has 2 aromatic heterocycles. The topological polar surface area (TPSA) is 100 Å². The van der Waals surface area contributed by atoms with E-state index in [1.54, 1.807) is 18.5 Å². The second-order valence-electron chi connectivity index (χ2n) is 4.02. The number of aromatic amines is 1. The summed E-state index contributed by atoms with van der Waals surface area (Å²) in [5.74, 6) is 0.0472. The van der Waals surface area contributed by atoms with Crippen molar-refractivity contribution in [1.82, 2.24) is 15.0 Å². The molecule has 0 saturated heterocycles. The highest BCUT2D eigenvalue weighted by atomic mass is 32.2. The monoisotopic (exact) mass is 285 g/mol. The first-order chi connectivity index (χ1) is 9.78. The molecule has 0 radical (unpaired) electrons. The Morgan fingerprint density at radius 2 is 2.15 bits per heavy atom. The molecule has 0 fully saturated rings. The largest absolute Gasteiger partial charge is 0.409 e. The van der Waals surface area contributed by atoms with Crippen LogP contribution in [0.15, 0.2) is 57.9 Å². The molecular formula is C13H11N5OS. The second kappa shape index (κ2) is 5.22. The van der Waals surface area contributed by atoms with Crippen molar-refractivity contribution in [3.8, 4) is 0 Å². The molecule has 0 amide bonds. The number of hydrogen-bond acceptors (Lipinski definition) is 5. The number of amidine groups is 1. The minimum atomic E-state index is 0.0472. The van der Waals surface area contributed by atoms with Gasteiger partial charge in [-0.2, -0.15) is 0 Å². The quantitative estimate of drug-likeness (QED) is 0.296. The lowest BCUT2D eigenvalue weighted by molar-refractivity contribution is 0.318. The number of pyridine rings is 1. The molecule has 0 bridgehead atoms. The van der Waals surface area contributed by atoms with E-state index >= 15 is 0 Å². The van der Waals surface area contributed by atoms with E-state index in [0.717, 1.165) is 21.1 Å². The van der Waals surface area contributed by atoms with Crippen LogP contribution in [0.4, 0.5) is 0 Å². The normalized spacial score (nSPS) is 11.9. The van der Waals surface area contributed by atoms with Gasteiger partial charge in [0.1, 0.15) is 0 Å². The Labute approximate surface area is 118 Å². The van der Waals surface area contributed by atoms with Gasteiger partial charge in [0, 0.05) is 22.9 Å². The minimum absolute atomic E-state index is 0.0472. The summed E-state index contributed by atoms with van der Waals surface area (Å²) in [5, 5.41) is 12.6. The van der Waals surface area contributed by atoms with E-state index in [9.17, 15) is 0 Å². The molecule has 6 nitrogen and oxygen atoms in total. The number of hydrogen-bond donors (Lipinski definition) is 3. The third-order valence-electron chi connectivity index (χ3n) is 2.74. The highest BCUT2D eigenvalue weighted by molar-refractivity contribution is 7.99. The highest BCUT2D eigenvalue weighted by Gasteiger charge is 2.11. The van der Waals surface area contributed by atoms with Crippen molar-refractivity contribution < 1.29 is 5.21 Å². The number of oxime groups is 1. The number of nitrogens with two attached hydrogens (primary N) is 1. The maximum absolute atomic E-state index is 8.80. The molecule has 0 atom stereocenters. The fourth-order valence-electron chi connectivity index (χ4n) is 1.81. The van der Waals surface area contributed by atoms with Gasteiger partial charge < -0.3 is 15.9 Å². The fourth-order valence-corrected chi connectivity index (χ4v) is 2.72. The Bertz CT molecular complexity index is 750. The molecule has 0 aliphatic rings. The summed E-state index contributed by atoms with van der Waals surface area (Å²) >= 11 is 1.38. The molecule has 20 heavy (non-hydrogen) atoms. The number of rotatable bonds is 3. The number of nitrogens with zero attached hydrogens (tertiary/aromatic N) is 3. The summed E-state index contributed by atoms with van der Waals surface area (Å²) in [4.78, 5) is 12.5. The van der Waals surface area contributed by atoms with Crippen molar-refractivity contribution >= 4 is 28.6 Å². The van der Waals surface area contributed by atoms with Gasteiger partial charge in [0.2, 0.25) is 0 Å². The predicted molar refractivity (Wildman–Crippen MR) is 77.0 cm³/mol. The van der Waals surface area contributed by atoms with E-state index < -0.39 is 0 Å². The SMILES string of the molecule is N/C(=N/O)c1ccncc1Sc1nc2ccccc2[nH]1. The molecular weight excluding hydrogens is 274 g/mol. The zero-order chi connectivity index (χ0) is 13.9. The van der Waals surface area contributed by atoms with Crippen LogP contribution in [0.1, 0.15) is 5.56 Å². The first-order valence-electron chi connectivity index (χ1n) is 5.82. The van der Waals surface area contributed by atoms with E-state index in [1.165, 1.54) is 11.8 Å². The molecule has 0 aliphatic carbocycles. The summed E-state index contributed by atoms with van der Waals surface area (Å²) in [6.07, 6.45) is 3.25. The van der Waals surface area contributed by atoms with Crippen LogP contribution in [0.25, 0.3) is 11.0 Å². The zero-order valence-corrected chi connectivity index (χ0v) is 11.1. The molecule has 7 heteroatoms. The molecule has 2 heterocycles. The number of H-pyrrole nitrogens is 1. The molecule has 0 unspecified atom stereocenters.